The van der Waals surface area contributed by atoms with Crippen LogP contribution in [-0.2, 0) is 6.42 Å². The van der Waals surface area contributed by atoms with Gasteiger partial charge < -0.3 is 9.84 Å². The van der Waals surface area contributed by atoms with E-state index in [-0.39, 0.29) is 5.92 Å². The standard InChI is InChI=1S/C18H22O2/c1-13-9-10-18(20-3)16(11-13)12-17(19)14(2)15-7-5-4-6-8-15/h4-11,14,17,19H,12H2,1-3H3. The van der Waals surface area contributed by atoms with E-state index in [1.165, 1.54) is 5.56 Å². The molecule has 2 unspecified atom stereocenters. The summed E-state index contributed by atoms with van der Waals surface area (Å²) in [4.78, 5) is 0. The van der Waals surface area contributed by atoms with Crippen molar-refractivity contribution in [2.75, 3.05) is 7.11 Å². The molecule has 1 N–H and O–H groups in total. The van der Waals surface area contributed by atoms with Crippen LogP contribution >= 0.6 is 0 Å². The first-order chi connectivity index (χ1) is 9.61. The molecule has 0 heterocycles. The molecule has 0 spiro atoms. The number of aliphatic hydroxyl groups is 1. The topological polar surface area (TPSA) is 29.5 Å². The van der Waals surface area contributed by atoms with Gasteiger partial charge in [0.2, 0.25) is 0 Å². The summed E-state index contributed by atoms with van der Waals surface area (Å²) in [5, 5.41) is 10.5. The van der Waals surface area contributed by atoms with Gasteiger partial charge in [-0.1, -0.05) is 55.0 Å². The van der Waals surface area contributed by atoms with E-state index in [4.69, 9.17) is 4.74 Å². The molecule has 2 rings (SSSR count). The number of methoxy groups -OCH3 is 1. The molecule has 20 heavy (non-hydrogen) atoms. The largest absolute Gasteiger partial charge is 0.496 e. The van der Waals surface area contributed by atoms with Crippen LogP contribution in [0.5, 0.6) is 5.75 Å². The summed E-state index contributed by atoms with van der Waals surface area (Å²) in [5.74, 6) is 0.941. The van der Waals surface area contributed by atoms with Crippen LogP contribution in [0.4, 0.5) is 0 Å². The predicted octanol–water partition coefficient (Wildman–Crippen LogP) is 3.71. The summed E-state index contributed by atoms with van der Waals surface area (Å²) >= 11 is 0. The molecule has 0 aliphatic carbocycles. The maximum Gasteiger partial charge on any atom is 0.122 e. The summed E-state index contributed by atoms with van der Waals surface area (Å²) in [6, 6.07) is 16.2. The van der Waals surface area contributed by atoms with Gasteiger partial charge in [-0.3, -0.25) is 0 Å². The second-order valence-electron chi connectivity index (χ2n) is 5.29. The highest BCUT2D eigenvalue weighted by atomic mass is 16.5. The Bertz CT molecular complexity index is 549. The minimum Gasteiger partial charge on any atom is -0.496 e. The van der Waals surface area contributed by atoms with Gasteiger partial charge in [0.15, 0.2) is 0 Å². The molecule has 2 aromatic rings. The Balaban J connectivity index is 2.15. The maximum absolute atomic E-state index is 10.5. The Hall–Kier alpha value is -1.80. The van der Waals surface area contributed by atoms with Crippen LogP contribution in [0.2, 0.25) is 0 Å². The zero-order valence-electron chi connectivity index (χ0n) is 12.3. The number of benzene rings is 2. The smallest absolute Gasteiger partial charge is 0.122 e. The quantitative estimate of drug-likeness (QED) is 0.897. The first kappa shape index (κ1) is 14.6. The molecule has 0 bridgehead atoms. The van der Waals surface area contributed by atoms with Crippen LogP contribution in [0.15, 0.2) is 48.5 Å². The molecule has 2 atom stereocenters. The monoisotopic (exact) mass is 270 g/mol. The van der Waals surface area contributed by atoms with Crippen LogP contribution in [0.1, 0.15) is 29.5 Å². The van der Waals surface area contributed by atoms with E-state index in [0.29, 0.717) is 6.42 Å². The van der Waals surface area contributed by atoms with Gasteiger partial charge in [0.05, 0.1) is 13.2 Å². The number of rotatable bonds is 5. The number of aliphatic hydroxyl groups excluding tert-OH is 1. The molecule has 106 valence electrons. The molecule has 0 amide bonds. The Morgan fingerprint density at radius 1 is 1.10 bits per heavy atom. The van der Waals surface area contributed by atoms with E-state index in [1.54, 1.807) is 7.11 Å². The third-order valence-electron chi connectivity index (χ3n) is 3.77. The number of aryl methyl sites for hydroxylation is 1. The summed E-state index contributed by atoms with van der Waals surface area (Å²) in [6.45, 7) is 4.11. The second-order valence-corrected chi connectivity index (χ2v) is 5.29. The van der Waals surface area contributed by atoms with E-state index in [0.717, 1.165) is 16.9 Å². The molecular weight excluding hydrogens is 248 g/mol. The maximum atomic E-state index is 10.5. The average molecular weight is 270 g/mol. The zero-order chi connectivity index (χ0) is 14.5. The normalized spacial score (nSPS) is 13.8. The van der Waals surface area contributed by atoms with Crippen molar-refractivity contribution in [2.45, 2.75) is 32.3 Å². The van der Waals surface area contributed by atoms with E-state index >= 15 is 0 Å². The fourth-order valence-corrected chi connectivity index (χ4v) is 2.45. The van der Waals surface area contributed by atoms with Crippen molar-refractivity contribution < 1.29 is 9.84 Å². The molecule has 0 fully saturated rings. The van der Waals surface area contributed by atoms with E-state index in [1.807, 2.05) is 30.3 Å². The van der Waals surface area contributed by atoms with Gasteiger partial charge in [0.25, 0.3) is 0 Å². The van der Waals surface area contributed by atoms with Crippen molar-refractivity contribution in [3.8, 4) is 5.75 Å². The summed E-state index contributed by atoms with van der Waals surface area (Å²) < 4.78 is 5.38. The average Bonchev–Trinajstić information content (AvgIpc) is 2.47. The van der Waals surface area contributed by atoms with E-state index in [2.05, 4.69) is 32.0 Å². The van der Waals surface area contributed by atoms with Crippen molar-refractivity contribution in [1.82, 2.24) is 0 Å². The molecule has 0 aromatic heterocycles. The highest BCUT2D eigenvalue weighted by molar-refractivity contribution is 5.37. The summed E-state index contributed by atoms with van der Waals surface area (Å²) in [6.07, 6.45) is 0.175. The van der Waals surface area contributed by atoms with Gasteiger partial charge in [-0.05, 0) is 24.1 Å². The lowest BCUT2D eigenvalue weighted by atomic mass is 9.91. The van der Waals surface area contributed by atoms with Gasteiger partial charge in [-0.2, -0.15) is 0 Å². The van der Waals surface area contributed by atoms with Gasteiger partial charge in [-0.15, -0.1) is 0 Å². The van der Waals surface area contributed by atoms with Crippen molar-refractivity contribution >= 4 is 0 Å². The molecular formula is C18H22O2. The van der Waals surface area contributed by atoms with E-state index in [9.17, 15) is 5.11 Å². The van der Waals surface area contributed by atoms with Gasteiger partial charge in [-0.25, -0.2) is 0 Å². The lowest BCUT2D eigenvalue weighted by molar-refractivity contribution is 0.148. The first-order valence-electron chi connectivity index (χ1n) is 6.98. The van der Waals surface area contributed by atoms with Crippen molar-refractivity contribution in [3.05, 3.63) is 65.2 Å². The minimum atomic E-state index is -0.423. The lowest BCUT2D eigenvalue weighted by Crippen LogP contribution is -2.19. The van der Waals surface area contributed by atoms with Crippen molar-refractivity contribution in [3.63, 3.8) is 0 Å². The molecule has 0 aliphatic heterocycles. The summed E-state index contributed by atoms with van der Waals surface area (Å²) in [7, 11) is 1.67. The fourth-order valence-electron chi connectivity index (χ4n) is 2.45. The molecule has 2 heteroatoms. The molecule has 0 saturated heterocycles. The van der Waals surface area contributed by atoms with Gasteiger partial charge in [0, 0.05) is 12.3 Å². The van der Waals surface area contributed by atoms with Crippen LogP contribution in [-0.4, -0.2) is 18.3 Å². The molecule has 2 aromatic carbocycles. The molecule has 0 radical (unpaired) electrons. The van der Waals surface area contributed by atoms with E-state index < -0.39 is 6.10 Å². The highest BCUT2D eigenvalue weighted by Gasteiger charge is 2.18. The van der Waals surface area contributed by atoms with Crippen LogP contribution in [0.3, 0.4) is 0 Å². The number of hydrogen-bond acceptors (Lipinski definition) is 2. The Morgan fingerprint density at radius 3 is 2.45 bits per heavy atom. The zero-order valence-corrected chi connectivity index (χ0v) is 12.3. The lowest BCUT2D eigenvalue weighted by Gasteiger charge is -2.20. The van der Waals surface area contributed by atoms with Crippen LogP contribution in [0, 0.1) is 6.92 Å². The Kier molecular flexibility index (Phi) is 4.80. The third kappa shape index (κ3) is 3.40. The third-order valence-corrected chi connectivity index (χ3v) is 3.77. The van der Waals surface area contributed by atoms with Crippen LogP contribution < -0.4 is 4.74 Å². The minimum absolute atomic E-state index is 0.0985. The van der Waals surface area contributed by atoms with Gasteiger partial charge >= 0.3 is 0 Å². The van der Waals surface area contributed by atoms with Crippen LogP contribution in [0.25, 0.3) is 0 Å². The molecule has 0 saturated carbocycles. The predicted molar refractivity (Wildman–Crippen MR) is 82.3 cm³/mol. The Morgan fingerprint density at radius 2 is 1.80 bits per heavy atom. The summed E-state index contributed by atoms with van der Waals surface area (Å²) in [5.41, 5.74) is 3.40. The first-order valence-corrected chi connectivity index (χ1v) is 6.98. The highest BCUT2D eigenvalue weighted by Crippen LogP contribution is 2.26. The molecule has 2 nitrogen and oxygen atoms in total. The van der Waals surface area contributed by atoms with Crippen molar-refractivity contribution in [2.24, 2.45) is 0 Å². The SMILES string of the molecule is COc1ccc(C)cc1CC(O)C(C)c1ccccc1. The number of hydrogen-bond donors (Lipinski definition) is 1. The number of ether oxygens (including phenoxy) is 1. The second kappa shape index (κ2) is 6.58. The van der Waals surface area contributed by atoms with Crippen molar-refractivity contribution in [1.29, 1.82) is 0 Å². The molecule has 0 aliphatic rings. The fraction of sp³-hybridized carbons (Fsp3) is 0.333. The van der Waals surface area contributed by atoms with Gasteiger partial charge in [0.1, 0.15) is 5.75 Å². The Labute approximate surface area is 121 Å².